The third-order valence-corrected chi connectivity index (χ3v) is 3.75. The van der Waals surface area contributed by atoms with Crippen molar-refractivity contribution in [2.45, 2.75) is 32.6 Å². The average molecular weight is 297 g/mol. The second-order valence-corrected chi connectivity index (χ2v) is 6.76. The summed E-state index contributed by atoms with van der Waals surface area (Å²) in [5.41, 5.74) is 1.80. The number of rotatable bonds is 6. The lowest BCUT2D eigenvalue weighted by Crippen LogP contribution is -2.11. The van der Waals surface area contributed by atoms with Crippen LogP contribution in [0.15, 0.2) is 12.1 Å². The van der Waals surface area contributed by atoms with Crippen LogP contribution in [-0.4, -0.2) is 27.1 Å². The Bertz CT molecular complexity index is 622. The van der Waals surface area contributed by atoms with E-state index in [-0.39, 0.29) is 5.78 Å². The Kier molecular flexibility index (Phi) is 4.32. The van der Waals surface area contributed by atoms with Gasteiger partial charge in [-0.2, -0.15) is 0 Å². The molecular formula is C14H19NO4S. The number of carbonyl (C=O) groups is 1. The zero-order valence-corrected chi connectivity index (χ0v) is 12.5. The van der Waals surface area contributed by atoms with Crippen LogP contribution in [0.4, 0.5) is 5.69 Å². The molecule has 6 heteroatoms. The Hall–Kier alpha value is -1.56. The summed E-state index contributed by atoms with van der Waals surface area (Å²) in [6.07, 6.45) is 4.05. The van der Waals surface area contributed by atoms with E-state index in [0.717, 1.165) is 24.7 Å². The van der Waals surface area contributed by atoms with Gasteiger partial charge in [-0.3, -0.25) is 9.52 Å². The SMILES string of the molecule is CCCCC(=O)c1cc2c(c(NS(C)(=O)=O)c1)OCC2. The minimum absolute atomic E-state index is 0.0399. The quantitative estimate of drug-likeness (QED) is 0.818. The van der Waals surface area contributed by atoms with Gasteiger partial charge in [0.05, 0.1) is 18.6 Å². The first-order valence-electron chi connectivity index (χ1n) is 6.71. The minimum atomic E-state index is -3.40. The van der Waals surface area contributed by atoms with Crippen molar-refractivity contribution in [3.8, 4) is 5.75 Å². The van der Waals surface area contributed by atoms with Gasteiger partial charge in [-0.1, -0.05) is 13.3 Å². The van der Waals surface area contributed by atoms with E-state index >= 15 is 0 Å². The second kappa shape index (κ2) is 5.83. The Morgan fingerprint density at radius 3 is 2.80 bits per heavy atom. The number of sulfonamides is 1. The Balaban J connectivity index is 2.36. The number of ether oxygens (including phenoxy) is 1. The molecule has 1 aliphatic rings. The predicted molar refractivity (Wildman–Crippen MR) is 78.0 cm³/mol. The van der Waals surface area contributed by atoms with E-state index in [4.69, 9.17) is 4.74 Å². The fourth-order valence-corrected chi connectivity index (χ4v) is 2.78. The molecule has 0 saturated heterocycles. The van der Waals surface area contributed by atoms with Crippen molar-refractivity contribution in [3.05, 3.63) is 23.3 Å². The molecule has 0 saturated carbocycles. The first-order chi connectivity index (χ1) is 9.40. The van der Waals surface area contributed by atoms with E-state index in [1.165, 1.54) is 0 Å². The maximum absolute atomic E-state index is 12.1. The van der Waals surface area contributed by atoms with Gasteiger partial charge < -0.3 is 4.74 Å². The summed E-state index contributed by atoms with van der Waals surface area (Å²) in [6, 6.07) is 3.39. The number of carbonyl (C=O) groups excluding carboxylic acids is 1. The number of hydrogen-bond acceptors (Lipinski definition) is 4. The summed E-state index contributed by atoms with van der Waals surface area (Å²) in [4.78, 5) is 12.1. The molecule has 20 heavy (non-hydrogen) atoms. The topological polar surface area (TPSA) is 72.5 Å². The van der Waals surface area contributed by atoms with Crippen molar-refractivity contribution in [3.63, 3.8) is 0 Å². The van der Waals surface area contributed by atoms with E-state index in [2.05, 4.69) is 4.72 Å². The van der Waals surface area contributed by atoms with Gasteiger partial charge in [-0.15, -0.1) is 0 Å². The molecule has 1 aromatic carbocycles. The van der Waals surface area contributed by atoms with Crippen molar-refractivity contribution < 1.29 is 17.9 Å². The monoisotopic (exact) mass is 297 g/mol. The van der Waals surface area contributed by atoms with Gasteiger partial charge in [-0.25, -0.2) is 8.42 Å². The lowest BCUT2D eigenvalue weighted by atomic mass is 10.0. The molecule has 1 aromatic rings. The van der Waals surface area contributed by atoms with E-state index in [9.17, 15) is 13.2 Å². The molecule has 1 heterocycles. The van der Waals surface area contributed by atoms with Crippen molar-refractivity contribution >= 4 is 21.5 Å². The fraction of sp³-hybridized carbons (Fsp3) is 0.500. The summed E-state index contributed by atoms with van der Waals surface area (Å²) >= 11 is 0. The third kappa shape index (κ3) is 3.50. The Morgan fingerprint density at radius 1 is 1.40 bits per heavy atom. The van der Waals surface area contributed by atoms with Crippen LogP contribution < -0.4 is 9.46 Å². The highest BCUT2D eigenvalue weighted by Crippen LogP contribution is 2.36. The molecule has 0 aromatic heterocycles. The van der Waals surface area contributed by atoms with Gasteiger partial charge in [0.15, 0.2) is 5.78 Å². The number of Topliss-reactive ketones (excluding diaryl/α,β-unsaturated/α-hetero) is 1. The Morgan fingerprint density at radius 2 is 2.15 bits per heavy atom. The van der Waals surface area contributed by atoms with Gasteiger partial charge in [0.2, 0.25) is 10.0 Å². The van der Waals surface area contributed by atoms with E-state index < -0.39 is 10.0 Å². The fourth-order valence-electron chi connectivity index (χ4n) is 2.23. The van der Waals surface area contributed by atoms with Crippen LogP contribution in [0.1, 0.15) is 42.1 Å². The highest BCUT2D eigenvalue weighted by atomic mass is 32.2. The maximum Gasteiger partial charge on any atom is 0.229 e. The van der Waals surface area contributed by atoms with Gasteiger partial charge in [-0.05, 0) is 18.6 Å². The van der Waals surface area contributed by atoms with E-state index in [1.807, 2.05) is 13.0 Å². The van der Waals surface area contributed by atoms with Crippen LogP contribution in [0.5, 0.6) is 5.75 Å². The zero-order chi connectivity index (χ0) is 14.8. The predicted octanol–water partition coefficient (Wildman–Crippen LogP) is 2.37. The largest absolute Gasteiger partial charge is 0.491 e. The normalized spacial score (nSPS) is 13.7. The molecule has 5 nitrogen and oxygen atoms in total. The molecule has 2 rings (SSSR count). The van der Waals surface area contributed by atoms with Crippen LogP contribution in [0.25, 0.3) is 0 Å². The molecule has 0 aliphatic carbocycles. The van der Waals surface area contributed by atoms with Gasteiger partial charge >= 0.3 is 0 Å². The Labute approximate surface area is 119 Å². The molecule has 0 amide bonds. The first-order valence-corrected chi connectivity index (χ1v) is 8.60. The van der Waals surface area contributed by atoms with Crippen LogP contribution in [-0.2, 0) is 16.4 Å². The van der Waals surface area contributed by atoms with Crippen LogP contribution in [0.2, 0.25) is 0 Å². The maximum atomic E-state index is 12.1. The van der Waals surface area contributed by atoms with Crippen molar-refractivity contribution in [1.29, 1.82) is 0 Å². The summed E-state index contributed by atoms with van der Waals surface area (Å²) in [6.45, 7) is 2.54. The van der Waals surface area contributed by atoms with E-state index in [1.54, 1.807) is 6.07 Å². The molecule has 0 atom stereocenters. The second-order valence-electron chi connectivity index (χ2n) is 5.01. The van der Waals surface area contributed by atoms with Crippen LogP contribution in [0, 0.1) is 0 Å². The number of hydrogen-bond donors (Lipinski definition) is 1. The third-order valence-electron chi connectivity index (χ3n) is 3.16. The molecule has 1 aliphatic heterocycles. The molecular weight excluding hydrogens is 278 g/mol. The molecule has 1 N–H and O–H groups in total. The van der Waals surface area contributed by atoms with Crippen LogP contribution >= 0.6 is 0 Å². The summed E-state index contributed by atoms with van der Waals surface area (Å²) in [5, 5.41) is 0. The zero-order valence-electron chi connectivity index (χ0n) is 11.7. The van der Waals surface area contributed by atoms with Crippen molar-refractivity contribution in [2.24, 2.45) is 0 Å². The molecule has 0 fully saturated rings. The number of benzene rings is 1. The van der Waals surface area contributed by atoms with Crippen LogP contribution in [0.3, 0.4) is 0 Å². The average Bonchev–Trinajstić information content (AvgIpc) is 2.82. The highest BCUT2D eigenvalue weighted by molar-refractivity contribution is 7.92. The van der Waals surface area contributed by atoms with E-state index in [0.29, 0.717) is 36.4 Å². The highest BCUT2D eigenvalue weighted by Gasteiger charge is 2.21. The number of ketones is 1. The lowest BCUT2D eigenvalue weighted by Gasteiger charge is -2.11. The van der Waals surface area contributed by atoms with Gasteiger partial charge in [0.1, 0.15) is 5.75 Å². The first kappa shape index (κ1) is 14.8. The summed E-state index contributed by atoms with van der Waals surface area (Å²) in [5.74, 6) is 0.584. The molecule has 110 valence electrons. The summed E-state index contributed by atoms with van der Waals surface area (Å²) in [7, 11) is -3.40. The standard InChI is InChI=1S/C14H19NO4S/c1-3-4-5-13(16)11-8-10-6-7-19-14(10)12(9-11)15-20(2,17)18/h8-9,15H,3-7H2,1-2H3. The molecule has 0 bridgehead atoms. The van der Waals surface area contributed by atoms with Crippen molar-refractivity contribution in [1.82, 2.24) is 0 Å². The lowest BCUT2D eigenvalue weighted by molar-refractivity contribution is 0.0979. The summed E-state index contributed by atoms with van der Waals surface area (Å²) < 4.78 is 30.7. The minimum Gasteiger partial charge on any atom is -0.491 e. The van der Waals surface area contributed by atoms with Gasteiger partial charge in [0.25, 0.3) is 0 Å². The number of unbranched alkanes of at least 4 members (excludes halogenated alkanes) is 1. The van der Waals surface area contributed by atoms with Gasteiger partial charge in [0, 0.05) is 24.0 Å². The molecule has 0 radical (unpaired) electrons. The number of fused-ring (bicyclic) bond motifs is 1. The van der Waals surface area contributed by atoms with Crippen molar-refractivity contribution in [2.75, 3.05) is 17.6 Å². The smallest absolute Gasteiger partial charge is 0.229 e. The molecule has 0 spiro atoms. The number of nitrogens with one attached hydrogen (secondary N) is 1. The number of anilines is 1. The molecule has 0 unspecified atom stereocenters.